The van der Waals surface area contributed by atoms with Gasteiger partial charge in [0.15, 0.2) is 0 Å². The first-order valence-corrected chi connectivity index (χ1v) is 11.4. The third-order valence-electron chi connectivity index (χ3n) is 3.79. The van der Waals surface area contributed by atoms with Crippen molar-refractivity contribution < 1.29 is 17.9 Å². The zero-order valence-corrected chi connectivity index (χ0v) is 19.0. The summed E-state index contributed by atoms with van der Waals surface area (Å²) in [4.78, 5) is 15.5. The van der Waals surface area contributed by atoms with E-state index in [1.807, 2.05) is 13.0 Å². The van der Waals surface area contributed by atoms with Crippen LogP contribution < -0.4 is 9.46 Å². The highest BCUT2D eigenvalue weighted by atomic mass is 35.5. The summed E-state index contributed by atoms with van der Waals surface area (Å²) >= 11 is 7.38. The molecule has 1 N–H and O–H groups in total. The molecule has 0 saturated carbocycles. The van der Waals surface area contributed by atoms with Crippen LogP contribution >= 0.6 is 22.9 Å². The lowest BCUT2D eigenvalue weighted by Gasteiger charge is -2.23. The molecule has 0 saturated heterocycles. The van der Waals surface area contributed by atoms with Crippen LogP contribution in [0.25, 0.3) is 0 Å². The minimum atomic E-state index is -3.87. The SMILES string of the molecule is CCN(Cc1ccc(Cl)s1)C(=O)c1ccc(OC)c(S(=O)(=O)NC(C)(C)C)c1. The molecule has 28 heavy (non-hydrogen) atoms. The van der Waals surface area contributed by atoms with Crippen molar-refractivity contribution in [2.75, 3.05) is 13.7 Å². The highest BCUT2D eigenvalue weighted by Crippen LogP contribution is 2.28. The van der Waals surface area contributed by atoms with Crippen molar-refractivity contribution in [1.82, 2.24) is 9.62 Å². The first kappa shape index (κ1) is 22.7. The maximum Gasteiger partial charge on any atom is 0.254 e. The van der Waals surface area contributed by atoms with Crippen LogP contribution in [0.3, 0.4) is 0 Å². The van der Waals surface area contributed by atoms with E-state index in [0.29, 0.717) is 17.4 Å². The molecule has 0 unspecified atom stereocenters. The quantitative estimate of drug-likeness (QED) is 0.696. The van der Waals surface area contributed by atoms with Crippen molar-refractivity contribution in [2.45, 2.75) is 44.7 Å². The van der Waals surface area contributed by atoms with Crippen molar-refractivity contribution >= 4 is 38.9 Å². The van der Waals surface area contributed by atoms with Gasteiger partial charge >= 0.3 is 0 Å². The number of rotatable bonds is 7. The fourth-order valence-electron chi connectivity index (χ4n) is 2.61. The van der Waals surface area contributed by atoms with Gasteiger partial charge in [0, 0.05) is 22.5 Å². The molecule has 1 amide bonds. The summed E-state index contributed by atoms with van der Waals surface area (Å²) in [5.41, 5.74) is -0.392. The molecule has 6 nitrogen and oxygen atoms in total. The van der Waals surface area contributed by atoms with Crippen molar-refractivity contribution in [1.29, 1.82) is 0 Å². The van der Waals surface area contributed by atoms with Crippen LogP contribution in [0.2, 0.25) is 4.34 Å². The van der Waals surface area contributed by atoms with Gasteiger partial charge in [0.25, 0.3) is 5.91 Å². The fraction of sp³-hybridized carbons (Fsp3) is 0.421. The zero-order chi connectivity index (χ0) is 21.1. The van der Waals surface area contributed by atoms with Crippen LogP contribution in [0.5, 0.6) is 5.75 Å². The number of hydrogen-bond acceptors (Lipinski definition) is 5. The van der Waals surface area contributed by atoms with E-state index in [9.17, 15) is 13.2 Å². The van der Waals surface area contributed by atoms with Gasteiger partial charge in [-0.15, -0.1) is 11.3 Å². The summed E-state index contributed by atoms with van der Waals surface area (Å²) in [6.45, 7) is 7.99. The summed E-state index contributed by atoms with van der Waals surface area (Å²) in [6, 6.07) is 8.09. The number of nitrogens with zero attached hydrogens (tertiary/aromatic N) is 1. The molecule has 154 valence electrons. The van der Waals surface area contributed by atoms with Crippen molar-refractivity contribution in [3.63, 3.8) is 0 Å². The Labute approximate surface area is 175 Å². The smallest absolute Gasteiger partial charge is 0.254 e. The fourth-order valence-corrected chi connectivity index (χ4v) is 5.33. The number of amides is 1. The van der Waals surface area contributed by atoms with Crippen LogP contribution in [-0.2, 0) is 16.6 Å². The molecule has 0 bridgehead atoms. The van der Waals surface area contributed by atoms with E-state index in [0.717, 1.165) is 4.88 Å². The molecular weight excluding hydrogens is 420 g/mol. The molecule has 0 aliphatic rings. The third kappa shape index (κ3) is 5.70. The topological polar surface area (TPSA) is 75.7 Å². The van der Waals surface area contributed by atoms with Gasteiger partial charge in [-0.25, -0.2) is 13.1 Å². The molecule has 9 heteroatoms. The maximum atomic E-state index is 13.0. The Hall–Kier alpha value is -1.61. The van der Waals surface area contributed by atoms with Crippen LogP contribution in [0.4, 0.5) is 0 Å². The standard InChI is InChI=1S/C19H25ClN2O4S2/c1-6-22(12-14-8-10-17(20)27-14)18(23)13-7-9-15(26-5)16(11-13)28(24,25)21-19(2,3)4/h7-11,21H,6,12H2,1-5H3. The minimum Gasteiger partial charge on any atom is -0.495 e. The summed E-state index contributed by atoms with van der Waals surface area (Å²) in [5, 5.41) is 0. The molecule has 0 radical (unpaired) electrons. The normalized spacial score (nSPS) is 12.1. The van der Waals surface area contributed by atoms with Gasteiger partial charge in [-0.1, -0.05) is 11.6 Å². The highest BCUT2D eigenvalue weighted by molar-refractivity contribution is 7.89. The van der Waals surface area contributed by atoms with Gasteiger partial charge in [-0.2, -0.15) is 0 Å². The molecule has 1 aromatic heterocycles. The molecule has 0 aliphatic heterocycles. The number of ether oxygens (including phenoxy) is 1. The number of methoxy groups -OCH3 is 1. The number of carbonyl (C=O) groups excluding carboxylic acids is 1. The molecule has 0 aliphatic carbocycles. The predicted molar refractivity (Wildman–Crippen MR) is 113 cm³/mol. The summed E-state index contributed by atoms with van der Waals surface area (Å²) in [5.74, 6) is -0.0803. The number of nitrogens with one attached hydrogen (secondary N) is 1. The Morgan fingerprint density at radius 2 is 1.93 bits per heavy atom. The lowest BCUT2D eigenvalue weighted by atomic mass is 10.1. The number of halogens is 1. The second kappa shape index (κ2) is 8.82. The average Bonchev–Trinajstić information content (AvgIpc) is 3.01. The average molecular weight is 445 g/mol. The van der Waals surface area contributed by atoms with Gasteiger partial charge in [-0.3, -0.25) is 4.79 Å². The van der Waals surface area contributed by atoms with E-state index in [1.54, 1.807) is 37.8 Å². The van der Waals surface area contributed by atoms with Gasteiger partial charge in [0.2, 0.25) is 10.0 Å². The maximum absolute atomic E-state index is 13.0. The van der Waals surface area contributed by atoms with Crippen LogP contribution in [0.15, 0.2) is 35.2 Å². The minimum absolute atomic E-state index is 0.0639. The number of sulfonamides is 1. The number of hydrogen-bond donors (Lipinski definition) is 1. The lowest BCUT2D eigenvalue weighted by molar-refractivity contribution is 0.0754. The molecule has 0 atom stereocenters. The largest absolute Gasteiger partial charge is 0.495 e. The third-order valence-corrected chi connectivity index (χ3v) is 6.78. The van der Waals surface area contributed by atoms with Crippen molar-refractivity contribution in [3.8, 4) is 5.75 Å². The molecule has 0 spiro atoms. The van der Waals surface area contributed by atoms with E-state index >= 15 is 0 Å². The Bertz CT molecular complexity index is 949. The van der Waals surface area contributed by atoms with E-state index in [2.05, 4.69) is 4.72 Å². The Morgan fingerprint density at radius 1 is 1.25 bits per heavy atom. The molecule has 1 heterocycles. The van der Waals surface area contributed by atoms with E-state index in [-0.39, 0.29) is 22.1 Å². The molecular formula is C19H25ClN2O4S2. The Morgan fingerprint density at radius 3 is 2.43 bits per heavy atom. The van der Waals surface area contributed by atoms with Crippen molar-refractivity contribution in [3.05, 3.63) is 45.1 Å². The van der Waals surface area contributed by atoms with E-state index < -0.39 is 15.6 Å². The first-order chi connectivity index (χ1) is 13.0. The van der Waals surface area contributed by atoms with Crippen LogP contribution in [0, 0.1) is 0 Å². The van der Waals surface area contributed by atoms with Gasteiger partial charge in [-0.05, 0) is 58.0 Å². The molecule has 1 aromatic carbocycles. The molecule has 2 rings (SSSR count). The number of benzene rings is 1. The number of thiophene rings is 1. The summed E-state index contributed by atoms with van der Waals surface area (Å²) < 4.78 is 34.1. The second-order valence-electron chi connectivity index (χ2n) is 7.25. The zero-order valence-electron chi connectivity index (χ0n) is 16.6. The van der Waals surface area contributed by atoms with E-state index in [1.165, 1.54) is 30.6 Å². The van der Waals surface area contributed by atoms with Gasteiger partial charge < -0.3 is 9.64 Å². The van der Waals surface area contributed by atoms with Crippen LogP contribution in [0.1, 0.15) is 42.9 Å². The van der Waals surface area contributed by atoms with Gasteiger partial charge in [0.1, 0.15) is 10.6 Å². The van der Waals surface area contributed by atoms with Crippen molar-refractivity contribution in [2.24, 2.45) is 0 Å². The molecule has 0 fully saturated rings. The van der Waals surface area contributed by atoms with E-state index in [4.69, 9.17) is 16.3 Å². The first-order valence-electron chi connectivity index (χ1n) is 8.72. The predicted octanol–water partition coefficient (Wildman–Crippen LogP) is 4.15. The second-order valence-corrected chi connectivity index (χ2v) is 10.7. The Kier molecular flexibility index (Phi) is 7.14. The number of carbonyl (C=O) groups is 1. The summed E-state index contributed by atoms with van der Waals surface area (Å²) in [6.07, 6.45) is 0. The lowest BCUT2D eigenvalue weighted by Crippen LogP contribution is -2.40. The monoisotopic (exact) mass is 444 g/mol. The Balaban J connectivity index is 2.38. The molecule has 2 aromatic rings. The summed E-state index contributed by atoms with van der Waals surface area (Å²) in [7, 11) is -2.47. The van der Waals surface area contributed by atoms with Crippen LogP contribution in [-0.4, -0.2) is 38.4 Å². The highest BCUT2D eigenvalue weighted by Gasteiger charge is 2.27. The van der Waals surface area contributed by atoms with Gasteiger partial charge in [0.05, 0.1) is 18.0 Å².